The van der Waals surface area contributed by atoms with Crippen LogP contribution in [0.2, 0.25) is 0 Å². The van der Waals surface area contributed by atoms with Crippen LogP contribution in [0, 0.1) is 0 Å². The first-order chi connectivity index (χ1) is 26.4. The highest BCUT2D eigenvalue weighted by molar-refractivity contribution is 5.84. The molecule has 274 valence electrons. The molecule has 54 heavy (non-hydrogen) atoms. The smallest absolute Gasteiger partial charge is 0.412 e. The number of imidazole rings is 2. The van der Waals surface area contributed by atoms with Crippen LogP contribution in [0.1, 0.15) is 53.9 Å². The van der Waals surface area contributed by atoms with Gasteiger partial charge in [0, 0.05) is 6.54 Å². The number of rotatable bonds is 10. The van der Waals surface area contributed by atoms with Gasteiger partial charge in [-0.1, -0.05) is 109 Å². The molecule has 4 aromatic carbocycles. The van der Waals surface area contributed by atoms with Crippen molar-refractivity contribution >= 4 is 12.0 Å². The number of carbonyl (C=O) groups excluding carboxylic acids is 2. The van der Waals surface area contributed by atoms with Crippen LogP contribution in [-0.2, 0) is 20.9 Å². The van der Waals surface area contributed by atoms with Crippen molar-refractivity contribution in [3.05, 3.63) is 144 Å². The number of aromatic nitrogens is 4. The Morgan fingerprint density at radius 3 is 1.96 bits per heavy atom. The maximum Gasteiger partial charge on any atom is 0.412 e. The van der Waals surface area contributed by atoms with Crippen LogP contribution in [-0.4, -0.2) is 80.4 Å². The van der Waals surface area contributed by atoms with Gasteiger partial charge in [0.1, 0.15) is 18.5 Å². The Morgan fingerprint density at radius 1 is 0.759 bits per heavy atom. The van der Waals surface area contributed by atoms with Crippen LogP contribution >= 0.6 is 0 Å². The zero-order valence-electron chi connectivity index (χ0n) is 30.4. The third-order valence-corrected chi connectivity index (χ3v) is 10.2. The molecule has 2 aliphatic heterocycles. The first-order valence-electron chi connectivity index (χ1n) is 18.3. The summed E-state index contributed by atoms with van der Waals surface area (Å²) in [5, 5.41) is 0. The summed E-state index contributed by atoms with van der Waals surface area (Å²) in [5.74, 6) is 1.47. The zero-order valence-corrected chi connectivity index (χ0v) is 30.4. The van der Waals surface area contributed by atoms with Crippen LogP contribution in [0.3, 0.4) is 0 Å². The lowest BCUT2D eigenvalue weighted by Gasteiger charge is -2.31. The Hall–Kier alpha value is -6.04. The van der Waals surface area contributed by atoms with E-state index in [1.165, 1.54) is 0 Å². The number of likely N-dealkylation sites (tertiary alicyclic amines) is 1. The first-order valence-corrected chi connectivity index (χ1v) is 18.3. The molecular weight excluding hydrogens is 679 g/mol. The molecule has 0 radical (unpaired) electrons. The van der Waals surface area contributed by atoms with Crippen molar-refractivity contribution in [2.45, 2.75) is 37.8 Å². The summed E-state index contributed by atoms with van der Waals surface area (Å²) in [6, 6.07) is 35.8. The monoisotopic (exact) mass is 721 g/mol. The summed E-state index contributed by atoms with van der Waals surface area (Å²) in [5.41, 5.74) is 7.82. The van der Waals surface area contributed by atoms with E-state index in [4.69, 9.17) is 14.5 Å². The molecule has 0 aliphatic carbocycles. The quantitative estimate of drug-likeness (QED) is 0.148. The molecule has 11 heteroatoms. The van der Waals surface area contributed by atoms with E-state index in [1.807, 2.05) is 90.8 Å². The van der Waals surface area contributed by atoms with Crippen LogP contribution < -0.4 is 0 Å². The summed E-state index contributed by atoms with van der Waals surface area (Å²) < 4.78 is 11.4. The average Bonchev–Trinajstić information content (AvgIpc) is 4.05. The molecule has 0 unspecified atom stereocenters. The van der Waals surface area contributed by atoms with Gasteiger partial charge >= 0.3 is 6.09 Å². The summed E-state index contributed by atoms with van der Waals surface area (Å²) in [4.78, 5) is 48.5. The molecular formula is C43H43N7O4. The number of aromatic amines is 2. The number of H-pyrrole nitrogens is 2. The molecule has 2 amide bonds. The van der Waals surface area contributed by atoms with Crippen molar-refractivity contribution in [3.8, 4) is 33.6 Å². The predicted molar refractivity (Wildman–Crippen MR) is 206 cm³/mol. The Kier molecular flexibility index (Phi) is 10.1. The van der Waals surface area contributed by atoms with Crippen molar-refractivity contribution in [2.75, 3.05) is 33.8 Å². The van der Waals surface area contributed by atoms with E-state index in [-0.39, 0.29) is 24.6 Å². The molecule has 2 saturated heterocycles. The molecule has 6 aromatic rings. The Balaban J connectivity index is 0.908. The third-order valence-electron chi connectivity index (χ3n) is 10.2. The second-order valence-corrected chi connectivity index (χ2v) is 13.9. The topological polar surface area (TPSA) is 120 Å². The molecule has 2 fully saturated rings. The largest absolute Gasteiger partial charge is 0.444 e. The molecule has 2 N–H and O–H groups in total. The normalized spacial score (nSPS) is 17.6. The molecule has 11 nitrogen and oxygen atoms in total. The van der Waals surface area contributed by atoms with Crippen LogP contribution in [0.5, 0.6) is 0 Å². The van der Waals surface area contributed by atoms with E-state index < -0.39 is 12.3 Å². The van der Waals surface area contributed by atoms with Crippen molar-refractivity contribution in [3.63, 3.8) is 0 Å². The minimum Gasteiger partial charge on any atom is -0.444 e. The molecule has 0 bridgehead atoms. The van der Waals surface area contributed by atoms with Gasteiger partial charge in [-0.3, -0.25) is 14.6 Å². The van der Waals surface area contributed by atoms with E-state index in [0.717, 1.165) is 63.4 Å². The van der Waals surface area contributed by atoms with Gasteiger partial charge < -0.3 is 24.3 Å². The van der Waals surface area contributed by atoms with Gasteiger partial charge in [0.05, 0.1) is 43.0 Å². The van der Waals surface area contributed by atoms with Gasteiger partial charge in [0.15, 0.2) is 12.1 Å². The molecule has 8 rings (SSSR count). The van der Waals surface area contributed by atoms with Crippen LogP contribution in [0.25, 0.3) is 33.6 Å². The maximum atomic E-state index is 13.9. The van der Waals surface area contributed by atoms with Gasteiger partial charge in [-0.2, -0.15) is 0 Å². The van der Waals surface area contributed by atoms with E-state index in [9.17, 15) is 9.59 Å². The predicted octanol–water partition coefficient (Wildman–Crippen LogP) is 7.77. The summed E-state index contributed by atoms with van der Waals surface area (Å²) >= 11 is 0. The summed E-state index contributed by atoms with van der Waals surface area (Å²) in [7, 11) is 3.91. The lowest BCUT2D eigenvalue weighted by atomic mass is 10.0. The highest BCUT2D eigenvalue weighted by atomic mass is 16.6. The number of hydrogen-bond donors (Lipinski definition) is 2. The summed E-state index contributed by atoms with van der Waals surface area (Å²) in [6.45, 7) is 1.74. The van der Waals surface area contributed by atoms with Gasteiger partial charge in [-0.15, -0.1) is 0 Å². The number of benzene rings is 4. The van der Waals surface area contributed by atoms with E-state index in [0.29, 0.717) is 25.5 Å². The van der Waals surface area contributed by atoms with Crippen molar-refractivity contribution in [2.24, 2.45) is 0 Å². The number of nitrogens with one attached hydrogen (secondary N) is 2. The Labute approximate surface area is 314 Å². The van der Waals surface area contributed by atoms with E-state index in [2.05, 4.69) is 63.5 Å². The van der Waals surface area contributed by atoms with Gasteiger partial charge in [0.25, 0.3) is 0 Å². The lowest BCUT2D eigenvalue weighted by molar-refractivity contribution is -0.137. The van der Waals surface area contributed by atoms with Crippen molar-refractivity contribution in [1.82, 2.24) is 34.6 Å². The minimum absolute atomic E-state index is 0.0905. The second kappa shape index (κ2) is 15.5. The maximum absolute atomic E-state index is 13.9. The third kappa shape index (κ3) is 7.28. The van der Waals surface area contributed by atoms with Crippen LogP contribution in [0.15, 0.2) is 122 Å². The summed E-state index contributed by atoms with van der Waals surface area (Å²) in [6.07, 6.45) is 4.36. The fraction of sp³-hybridized carbons (Fsp3) is 0.256. The molecule has 0 spiro atoms. The number of likely N-dealkylation sites (N-methyl/N-ethyl adjacent to an activating group) is 1. The number of nitrogens with zero attached hydrogens (tertiary/aromatic N) is 5. The van der Waals surface area contributed by atoms with E-state index in [1.54, 1.807) is 11.1 Å². The second-order valence-electron chi connectivity index (χ2n) is 13.9. The van der Waals surface area contributed by atoms with Crippen LogP contribution in [0.4, 0.5) is 4.79 Å². The molecule has 2 aromatic heterocycles. The Bertz CT molecular complexity index is 2180. The molecule has 3 atom stereocenters. The standard InChI is InChI=1S/C43H43N7O4/c1-48(2)38(34-12-7-4-8-13-34)41(51)49-23-9-14-37(49)39-44-26-35(46-39)32-19-15-30(16-20-32)31-17-21-33(22-18-31)36-27-45-40(47-36)42-50(24-25-53-42)43(52)54-28-29-10-5-3-6-11-29/h3-8,10-13,15-22,26-27,37-38,42H,9,14,23-25,28H2,1-2H3,(H,44,46)(H,45,47)/t37-,38+,42-/m0/s1. The number of amides is 2. The van der Waals surface area contributed by atoms with Crippen molar-refractivity contribution in [1.29, 1.82) is 0 Å². The average molecular weight is 722 g/mol. The number of ether oxygens (including phenoxy) is 2. The molecule has 0 saturated carbocycles. The minimum atomic E-state index is -0.638. The lowest BCUT2D eigenvalue weighted by Crippen LogP contribution is -2.40. The zero-order chi connectivity index (χ0) is 37.0. The van der Waals surface area contributed by atoms with Crippen molar-refractivity contribution < 1.29 is 19.1 Å². The Morgan fingerprint density at radius 2 is 1.33 bits per heavy atom. The highest BCUT2D eigenvalue weighted by Gasteiger charge is 2.37. The SMILES string of the molecule is CN(C)[C@@H](C(=O)N1CCC[C@H]1c1ncc(-c2ccc(-c3ccc(-c4cnc([C@@H]5OCCN5C(=O)OCc5ccccc5)[nH]4)cc3)cc2)[nH]1)c1ccccc1. The highest BCUT2D eigenvalue weighted by Crippen LogP contribution is 2.36. The first kappa shape index (κ1) is 35.0. The fourth-order valence-corrected chi connectivity index (χ4v) is 7.40. The van der Waals surface area contributed by atoms with E-state index >= 15 is 0 Å². The fourth-order valence-electron chi connectivity index (χ4n) is 7.40. The molecule has 4 heterocycles. The van der Waals surface area contributed by atoms with Gasteiger partial charge in [-0.05, 0) is 60.3 Å². The molecule has 2 aliphatic rings. The number of hydrogen-bond acceptors (Lipinski definition) is 7. The van der Waals surface area contributed by atoms with Gasteiger partial charge in [0.2, 0.25) is 5.91 Å². The van der Waals surface area contributed by atoms with Gasteiger partial charge in [-0.25, -0.2) is 14.8 Å². The number of carbonyl (C=O) groups is 2.